The molecule has 0 amide bonds. The van der Waals surface area contributed by atoms with E-state index in [9.17, 15) is 0 Å². The van der Waals surface area contributed by atoms with Gasteiger partial charge in [0.1, 0.15) is 12.1 Å². The van der Waals surface area contributed by atoms with Crippen molar-refractivity contribution in [1.29, 1.82) is 0 Å². The minimum atomic E-state index is 0.664. The van der Waals surface area contributed by atoms with E-state index in [1.807, 2.05) is 13.1 Å². The van der Waals surface area contributed by atoms with E-state index in [1.165, 1.54) is 6.33 Å². The molecule has 0 bridgehead atoms. The van der Waals surface area contributed by atoms with Crippen LogP contribution in [-0.2, 0) is 13.6 Å². The first-order valence-corrected chi connectivity index (χ1v) is 5.22. The van der Waals surface area contributed by atoms with Gasteiger partial charge in [-0.3, -0.25) is 4.68 Å². The van der Waals surface area contributed by atoms with Crippen LogP contribution in [0.2, 0.25) is 0 Å². The van der Waals surface area contributed by atoms with Gasteiger partial charge in [0.25, 0.3) is 0 Å². The van der Waals surface area contributed by atoms with Crippen molar-refractivity contribution in [3.63, 3.8) is 0 Å². The van der Waals surface area contributed by atoms with Gasteiger partial charge in [-0.05, 0) is 6.07 Å². The maximum Gasteiger partial charge on any atom is 0.163 e. The molecule has 0 aliphatic carbocycles. The Hall–Kier alpha value is -2.37. The van der Waals surface area contributed by atoms with E-state index < -0.39 is 0 Å². The van der Waals surface area contributed by atoms with E-state index in [1.54, 1.807) is 23.4 Å². The predicted molar refractivity (Wildman–Crippen MR) is 62.3 cm³/mol. The zero-order valence-electron chi connectivity index (χ0n) is 9.29. The summed E-state index contributed by atoms with van der Waals surface area (Å²) in [5.41, 5.74) is 1.88. The van der Waals surface area contributed by atoms with E-state index in [-0.39, 0.29) is 0 Å². The Bertz CT molecular complexity index is 628. The van der Waals surface area contributed by atoms with Crippen molar-refractivity contribution in [1.82, 2.24) is 19.7 Å². The molecule has 0 aliphatic heterocycles. The van der Waals surface area contributed by atoms with E-state index in [2.05, 4.69) is 20.4 Å². The molecule has 0 radical (unpaired) electrons. The smallest absolute Gasteiger partial charge is 0.163 e. The highest BCUT2D eigenvalue weighted by atomic mass is 16.3. The van der Waals surface area contributed by atoms with Gasteiger partial charge in [0.05, 0.1) is 24.1 Å². The van der Waals surface area contributed by atoms with Crippen molar-refractivity contribution >= 4 is 16.9 Å². The standard InChI is InChI=1S/C11H11N5O/c1-16-11-9(5-15-16)10(13-7-14-11)12-4-8-2-3-17-6-8/h2-3,5-7H,4H2,1H3,(H,12,13,14). The normalized spacial score (nSPS) is 10.9. The molecule has 6 heteroatoms. The maximum atomic E-state index is 5.01. The van der Waals surface area contributed by atoms with Crippen LogP contribution in [0.15, 0.2) is 35.5 Å². The largest absolute Gasteiger partial charge is 0.472 e. The average Bonchev–Trinajstić information content (AvgIpc) is 2.97. The summed E-state index contributed by atoms with van der Waals surface area (Å²) in [6.07, 6.45) is 6.64. The van der Waals surface area contributed by atoms with Gasteiger partial charge in [0.2, 0.25) is 0 Å². The second-order valence-electron chi connectivity index (χ2n) is 3.71. The number of rotatable bonds is 3. The molecular weight excluding hydrogens is 218 g/mol. The van der Waals surface area contributed by atoms with Gasteiger partial charge in [-0.25, -0.2) is 9.97 Å². The van der Waals surface area contributed by atoms with Crippen molar-refractivity contribution in [3.8, 4) is 0 Å². The molecule has 0 spiro atoms. The molecule has 3 rings (SSSR count). The number of fused-ring (bicyclic) bond motifs is 1. The fourth-order valence-corrected chi connectivity index (χ4v) is 1.68. The van der Waals surface area contributed by atoms with Crippen LogP contribution in [-0.4, -0.2) is 19.7 Å². The monoisotopic (exact) mass is 229 g/mol. The van der Waals surface area contributed by atoms with Gasteiger partial charge in [-0.2, -0.15) is 5.10 Å². The van der Waals surface area contributed by atoms with Crippen LogP contribution in [0.1, 0.15) is 5.56 Å². The number of aryl methyl sites for hydroxylation is 1. The molecule has 3 heterocycles. The fraction of sp³-hybridized carbons (Fsp3) is 0.182. The Morgan fingerprint density at radius 2 is 2.35 bits per heavy atom. The van der Waals surface area contributed by atoms with E-state index in [0.29, 0.717) is 6.54 Å². The molecule has 0 unspecified atom stereocenters. The lowest BCUT2D eigenvalue weighted by Gasteiger charge is -2.04. The summed E-state index contributed by atoms with van der Waals surface area (Å²) in [7, 11) is 1.86. The lowest BCUT2D eigenvalue weighted by atomic mass is 10.3. The number of hydrogen-bond donors (Lipinski definition) is 1. The van der Waals surface area contributed by atoms with Crippen molar-refractivity contribution in [2.75, 3.05) is 5.32 Å². The third-order valence-corrected chi connectivity index (χ3v) is 2.57. The quantitative estimate of drug-likeness (QED) is 0.738. The fourth-order valence-electron chi connectivity index (χ4n) is 1.68. The summed E-state index contributed by atoms with van der Waals surface area (Å²) >= 11 is 0. The summed E-state index contributed by atoms with van der Waals surface area (Å²) in [6, 6.07) is 1.91. The van der Waals surface area contributed by atoms with Crippen molar-refractivity contribution in [3.05, 3.63) is 36.7 Å². The molecule has 0 saturated heterocycles. The Labute approximate surface area is 97.3 Å². The molecule has 0 saturated carbocycles. The Morgan fingerprint density at radius 1 is 1.41 bits per heavy atom. The van der Waals surface area contributed by atoms with Crippen LogP contribution in [0.5, 0.6) is 0 Å². The third kappa shape index (κ3) is 1.73. The van der Waals surface area contributed by atoms with E-state index in [4.69, 9.17) is 4.42 Å². The summed E-state index contributed by atoms with van der Waals surface area (Å²) in [5, 5.41) is 8.31. The van der Waals surface area contributed by atoms with Gasteiger partial charge in [0, 0.05) is 19.2 Å². The molecule has 3 aromatic heterocycles. The zero-order valence-corrected chi connectivity index (χ0v) is 9.29. The molecule has 0 aliphatic rings. The first kappa shape index (κ1) is 9.83. The topological polar surface area (TPSA) is 68.8 Å². The average molecular weight is 229 g/mol. The second kappa shape index (κ2) is 3.89. The number of nitrogens with one attached hydrogen (secondary N) is 1. The molecular formula is C11H11N5O. The highest BCUT2D eigenvalue weighted by molar-refractivity contribution is 5.85. The summed E-state index contributed by atoms with van der Waals surface area (Å²) in [6.45, 7) is 0.664. The highest BCUT2D eigenvalue weighted by Gasteiger charge is 2.07. The number of anilines is 1. The first-order valence-electron chi connectivity index (χ1n) is 5.22. The van der Waals surface area contributed by atoms with Crippen LogP contribution in [0.25, 0.3) is 11.0 Å². The Morgan fingerprint density at radius 3 is 3.18 bits per heavy atom. The van der Waals surface area contributed by atoms with Crippen LogP contribution in [0.3, 0.4) is 0 Å². The molecule has 86 valence electrons. The predicted octanol–water partition coefficient (Wildman–Crippen LogP) is 1.57. The molecule has 3 aromatic rings. The van der Waals surface area contributed by atoms with Crippen molar-refractivity contribution < 1.29 is 4.42 Å². The molecule has 6 nitrogen and oxygen atoms in total. The number of hydrogen-bond acceptors (Lipinski definition) is 5. The van der Waals surface area contributed by atoms with Crippen LogP contribution < -0.4 is 5.32 Å². The highest BCUT2D eigenvalue weighted by Crippen LogP contribution is 2.18. The van der Waals surface area contributed by atoms with Crippen LogP contribution >= 0.6 is 0 Å². The first-order chi connectivity index (χ1) is 8.34. The zero-order chi connectivity index (χ0) is 11.7. The molecule has 0 fully saturated rings. The van der Waals surface area contributed by atoms with E-state index in [0.717, 1.165) is 22.4 Å². The van der Waals surface area contributed by atoms with Gasteiger partial charge >= 0.3 is 0 Å². The lowest BCUT2D eigenvalue weighted by molar-refractivity contribution is 0.564. The number of furan rings is 1. The summed E-state index contributed by atoms with van der Waals surface area (Å²) < 4.78 is 6.73. The molecule has 1 N–H and O–H groups in total. The maximum absolute atomic E-state index is 5.01. The summed E-state index contributed by atoms with van der Waals surface area (Å²) in [5.74, 6) is 0.782. The molecule has 0 atom stereocenters. The number of aromatic nitrogens is 4. The lowest BCUT2D eigenvalue weighted by Crippen LogP contribution is -2.01. The number of nitrogens with zero attached hydrogens (tertiary/aromatic N) is 4. The Balaban J connectivity index is 1.90. The van der Waals surface area contributed by atoms with Crippen molar-refractivity contribution in [2.45, 2.75) is 6.54 Å². The van der Waals surface area contributed by atoms with Crippen LogP contribution in [0, 0.1) is 0 Å². The third-order valence-electron chi connectivity index (χ3n) is 2.57. The van der Waals surface area contributed by atoms with E-state index >= 15 is 0 Å². The van der Waals surface area contributed by atoms with Gasteiger partial charge in [0.15, 0.2) is 5.65 Å². The molecule has 17 heavy (non-hydrogen) atoms. The van der Waals surface area contributed by atoms with Gasteiger partial charge in [-0.15, -0.1) is 0 Å². The SMILES string of the molecule is Cn1ncc2c(NCc3ccoc3)ncnc21. The minimum absolute atomic E-state index is 0.664. The van der Waals surface area contributed by atoms with Gasteiger partial charge in [-0.1, -0.05) is 0 Å². The van der Waals surface area contributed by atoms with Gasteiger partial charge < -0.3 is 9.73 Å². The summed E-state index contributed by atoms with van der Waals surface area (Å²) in [4.78, 5) is 8.39. The second-order valence-corrected chi connectivity index (χ2v) is 3.71. The van der Waals surface area contributed by atoms with Crippen molar-refractivity contribution in [2.24, 2.45) is 7.05 Å². The minimum Gasteiger partial charge on any atom is -0.472 e. The molecule has 0 aromatic carbocycles. The Kier molecular flexibility index (Phi) is 2.25. The van der Waals surface area contributed by atoms with Crippen LogP contribution in [0.4, 0.5) is 5.82 Å².